The van der Waals surface area contributed by atoms with Crippen molar-refractivity contribution in [3.05, 3.63) is 0 Å². The molecule has 1 atom stereocenters. The maximum atomic E-state index is 12.1. The van der Waals surface area contributed by atoms with E-state index in [4.69, 9.17) is 10.5 Å². The molecule has 0 radical (unpaired) electrons. The molecule has 1 heterocycles. The highest BCUT2D eigenvalue weighted by Crippen LogP contribution is 2.13. The number of nitrogens with zero attached hydrogens (tertiary/aromatic N) is 1. The molecule has 108 valence electrons. The number of carbonyl (C=O) groups excluding carboxylic acids is 2. The molecule has 2 amide bonds. The predicted octanol–water partition coefficient (Wildman–Crippen LogP) is -0.445. The number of hydrogen-bond acceptors (Lipinski definition) is 5. The van der Waals surface area contributed by atoms with Crippen LogP contribution in [0, 0.1) is 0 Å². The zero-order valence-electron chi connectivity index (χ0n) is 11.4. The molecular weight excluding hydrogens is 268 g/mol. The van der Waals surface area contributed by atoms with Gasteiger partial charge in [0.1, 0.15) is 11.6 Å². The highest BCUT2D eigenvalue weighted by molar-refractivity contribution is 7.80. The molecule has 0 aromatic heterocycles. The van der Waals surface area contributed by atoms with Crippen LogP contribution >= 0.6 is 12.2 Å². The molecule has 19 heavy (non-hydrogen) atoms. The summed E-state index contributed by atoms with van der Waals surface area (Å²) in [4.78, 5) is 25.3. The van der Waals surface area contributed by atoms with Gasteiger partial charge >= 0.3 is 12.0 Å². The van der Waals surface area contributed by atoms with Crippen LogP contribution in [-0.4, -0.2) is 53.3 Å². The molecule has 4 N–H and O–H groups in total. The molecule has 8 heteroatoms. The second-order valence-corrected chi connectivity index (χ2v) is 5.68. The number of hydrogen-bond donors (Lipinski definition) is 3. The van der Waals surface area contributed by atoms with Gasteiger partial charge in [-0.15, -0.1) is 0 Å². The van der Waals surface area contributed by atoms with Gasteiger partial charge in [0, 0.05) is 19.6 Å². The molecule has 0 aliphatic carbocycles. The summed E-state index contributed by atoms with van der Waals surface area (Å²) in [5.74, 6) is -0.446. The van der Waals surface area contributed by atoms with Crippen LogP contribution in [0.15, 0.2) is 0 Å². The van der Waals surface area contributed by atoms with Gasteiger partial charge in [-0.05, 0) is 33.0 Å². The predicted molar refractivity (Wildman–Crippen MR) is 74.5 cm³/mol. The van der Waals surface area contributed by atoms with E-state index in [0.29, 0.717) is 19.6 Å². The Hall–Kier alpha value is -1.41. The molecule has 7 nitrogen and oxygen atoms in total. The quantitative estimate of drug-likeness (QED) is 0.447. The average molecular weight is 288 g/mol. The van der Waals surface area contributed by atoms with Crippen molar-refractivity contribution in [1.29, 1.82) is 0 Å². The lowest BCUT2D eigenvalue weighted by Gasteiger charge is -2.35. The Kier molecular flexibility index (Phi) is 5.07. The summed E-state index contributed by atoms with van der Waals surface area (Å²) in [5.41, 5.74) is 4.67. The number of ether oxygens (including phenoxy) is 1. The fraction of sp³-hybridized carbons (Fsp3) is 0.727. The number of nitrogens with two attached hydrogens (primary N) is 1. The first-order valence-electron chi connectivity index (χ1n) is 6.01. The van der Waals surface area contributed by atoms with Crippen molar-refractivity contribution >= 4 is 29.3 Å². The lowest BCUT2D eigenvalue weighted by molar-refractivity contribution is -0.160. The summed E-state index contributed by atoms with van der Waals surface area (Å²) in [6, 6.07) is -1.16. The molecule has 1 aliphatic heterocycles. The first-order chi connectivity index (χ1) is 8.70. The van der Waals surface area contributed by atoms with Crippen molar-refractivity contribution < 1.29 is 14.3 Å². The smallest absolute Gasteiger partial charge is 0.330 e. The van der Waals surface area contributed by atoms with Gasteiger partial charge in [-0.1, -0.05) is 0 Å². The highest BCUT2D eigenvalue weighted by atomic mass is 32.1. The lowest BCUT2D eigenvalue weighted by Crippen LogP contribution is -2.61. The zero-order chi connectivity index (χ0) is 14.6. The van der Waals surface area contributed by atoms with Crippen LogP contribution in [0.5, 0.6) is 0 Å². The SMILES string of the molecule is CC(C)(C)OC(=O)C1CNCCN1C(=O)NC(N)=S. The van der Waals surface area contributed by atoms with Gasteiger partial charge in [-0.3, -0.25) is 5.32 Å². The summed E-state index contributed by atoms with van der Waals surface area (Å²) in [6.07, 6.45) is 0. The number of nitrogens with one attached hydrogen (secondary N) is 2. The Balaban J connectivity index is 2.74. The van der Waals surface area contributed by atoms with E-state index in [9.17, 15) is 9.59 Å². The number of esters is 1. The Labute approximate surface area is 117 Å². The van der Waals surface area contributed by atoms with Gasteiger partial charge < -0.3 is 20.7 Å². The van der Waals surface area contributed by atoms with Gasteiger partial charge in [-0.2, -0.15) is 0 Å². The van der Waals surface area contributed by atoms with Crippen molar-refractivity contribution in [1.82, 2.24) is 15.5 Å². The van der Waals surface area contributed by atoms with Gasteiger partial charge in [-0.25, -0.2) is 9.59 Å². The van der Waals surface area contributed by atoms with Crippen LogP contribution in [0.4, 0.5) is 4.79 Å². The van der Waals surface area contributed by atoms with Crippen molar-refractivity contribution in [2.24, 2.45) is 5.73 Å². The molecule has 0 saturated carbocycles. The van der Waals surface area contributed by atoms with E-state index in [2.05, 4.69) is 22.9 Å². The minimum Gasteiger partial charge on any atom is -0.458 e. The Morgan fingerprint density at radius 3 is 2.63 bits per heavy atom. The van der Waals surface area contributed by atoms with Crippen molar-refractivity contribution in [2.75, 3.05) is 19.6 Å². The third-order valence-electron chi connectivity index (χ3n) is 2.41. The van der Waals surface area contributed by atoms with E-state index < -0.39 is 23.6 Å². The van der Waals surface area contributed by atoms with Crippen LogP contribution in [-0.2, 0) is 9.53 Å². The summed E-state index contributed by atoms with van der Waals surface area (Å²) >= 11 is 4.62. The Bertz CT molecular complexity index is 381. The standard InChI is InChI=1S/C11H20N4O3S/c1-11(2,3)18-8(16)7-6-13-4-5-15(7)10(17)14-9(12)19/h7,13H,4-6H2,1-3H3,(H3,12,14,17,19). The van der Waals surface area contributed by atoms with Crippen molar-refractivity contribution in [3.63, 3.8) is 0 Å². The number of amides is 2. The molecule has 0 aromatic carbocycles. The van der Waals surface area contributed by atoms with Gasteiger partial charge in [0.15, 0.2) is 5.11 Å². The zero-order valence-corrected chi connectivity index (χ0v) is 12.2. The van der Waals surface area contributed by atoms with Crippen molar-refractivity contribution in [2.45, 2.75) is 32.4 Å². The normalized spacial score (nSPS) is 19.7. The minimum atomic E-state index is -0.678. The number of urea groups is 1. The molecule has 1 unspecified atom stereocenters. The molecular formula is C11H20N4O3S. The molecule has 1 saturated heterocycles. The largest absolute Gasteiger partial charge is 0.458 e. The summed E-state index contributed by atoms with van der Waals surface area (Å²) in [6.45, 7) is 6.67. The van der Waals surface area contributed by atoms with Crippen molar-refractivity contribution in [3.8, 4) is 0 Å². The van der Waals surface area contributed by atoms with E-state index in [0.717, 1.165) is 0 Å². The molecule has 0 bridgehead atoms. The highest BCUT2D eigenvalue weighted by Gasteiger charge is 2.35. The summed E-state index contributed by atoms with van der Waals surface area (Å²) in [7, 11) is 0. The molecule has 1 fully saturated rings. The van der Waals surface area contributed by atoms with Gasteiger partial charge in [0.05, 0.1) is 0 Å². The van der Waals surface area contributed by atoms with Crippen LogP contribution in [0.3, 0.4) is 0 Å². The minimum absolute atomic E-state index is 0.119. The molecule has 0 spiro atoms. The monoisotopic (exact) mass is 288 g/mol. The second kappa shape index (κ2) is 6.16. The van der Waals surface area contributed by atoms with Gasteiger partial charge in [0.25, 0.3) is 0 Å². The van der Waals surface area contributed by atoms with Gasteiger partial charge in [0.2, 0.25) is 0 Å². The third kappa shape index (κ3) is 4.99. The Morgan fingerprint density at radius 1 is 1.47 bits per heavy atom. The Morgan fingerprint density at radius 2 is 2.11 bits per heavy atom. The van der Waals surface area contributed by atoms with E-state index in [1.807, 2.05) is 0 Å². The maximum Gasteiger partial charge on any atom is 0.330 e. The number of rotatable bonds is 1. The number of thiocarbonyl (C=S) groups is 1. The average Bonchev–Trinajstić information content (AvgIpc) is 2.25. The summed E-state index contributed by atoms with van der Waals surface area (Å²) in [5, 5.41) is 5.25. The molecule has 0 aromatic rings. The van der Waals surface area contributed by atoms with Crippen LogP contribution < -0.4 is 16.4 Å². The van der Waals surface area contributed by atoms with E-state index in [-0.39, 0.29) is 5.11 Å². The number of carbonyl (C=O) groups is 2. The fourth-order valence-electron chi connectivity index (χ4n) is 1.70. The molecule has 1 rings (SSSR count). The van der Waals surface area contributed by atoms with Crippen LogP contribution in [0.1, 0.15) is 20.8 Å². The first kappa shape index (κ1) is 15.6. The van der Waals surface area contributed by atoms with Crippen LogP contribution in [0.2, 0.25) is 0 Å². The maximum absolute atomic E-state index is 12.1. The fourth-order valence-corrected chi connectivity index (χ4v) is 1.79. The second-order valence-electron chi connectivity index (χ2n) is 5.24. The third-order valence-corrected chi connectivity index (χ3v) is 2.52. The van der Waals surface area contributed by atoms with E-state index >= 15 is 0 Å². The van der Waals surface area contributed by atoms with E-state index in [1.165, 1.54) is 4.90 Å². The topological polar surface area (TPSA) is 96.7 Å². The lowest BCUT2D eigenvalue weighted by atomic mass is 10.1. The van der Waals surface area contributed by atoms with Crippen LogP contribution in [0.25, 0.3) is 0 Å². The molecule has 1 aliphatic rings. The van der Waals surface area contributed by atoms with E-state index in [1.54, 1.807) is 20.8 Å². The summed E-state index contributed by atoms with van der Waals surface area (Å²) < 4.78 is 5.30. The first-order valence-corrected chi connectivity index (χ1v) is 6.42. The number of piperazine rings is 1.